The second kappa shape index (κ2) is 8.67. The lowest BCUT2D eigenvalue weighted by Gasteiger charge is -2.61. The van der Waals surface area contributed by atoms with Gasteiger partial charge in [0, 0.05) is 25.2 Å². The Hall–Kier alpha value is -0.960. The molecule has 0 radical (unpaired) electrons. The zero-order chi connectivity index (χ0) is 23.4. The summed E-state index contributed by atoms with van der Waals surface area (Å²) in [6, 6.07) is 0. The van der Waals surface area contributed by atoms with E-state index in [0.29, 0.717) is 54.6 Å². The largest absolute Gasteiger partial charge is 0.393 e. The van der Waals surface area contributed by atoms with Gasteiger partial charge in [-0.15, -0.1) is 0 Å². The molecule has 1 N–H and O–H groups in total. The van der Waals surface area contributed by atoms with Gasteiger partial charge in [-0.25, -0.2) is 0 Å². The lowest BCUT2D eigenvalue weighted by Crippen LogP contribution is -2.61. The topological polar surface area (TPSA) is 54.4 Å². The van der Waals surface area contributed by atoms with Crippen LogP contribution >= 0.6 is 0 Å². The summed E-state index contributed by atoms with van der Waals surface area (Å²) in [5.74, 6) is 3.71. The Morgan fingerprint density at radius 1 is 1.06 bits per heavy atom. The van der Waals surface area contributed by atoms with E-state index < -0.39 is 0 Å². The molecule has 0 saturated heterocycles. The number of hydrogen-bond acceptors (Lipinski definition) is 3. The molecular formula is C29H46O3. The molecule has 4 fully saturated rings. The standard InChI is InChI=1S/C29H46O3/c1-7-19(17(2)3)9-8-18(4)22-10-11-23-21-15-25(31)24-14-20(30)12-13-28(24,5)27(21)26(32)16-29(22,23)6/h8-9,17-19,21-24,26-27,32H,7,10-16H2,1-6H3/b9-8+/t18-,19-,21+,22-,23+,24-,26-,27-,28+,29-/m1/s1. The van der Waals surface area contributed by atoms with Gasteiger partial charge in [0.1, 0.15) is 11.6 Å². The van der Waals surface area contributed by atoms with Gasteiger partial charge in [-0.1, -0.05) is 53.7 Å². The van der Waals surface area contributed by atoms with Crippen LogP contribution in [0.5, 0.6) is 0 Å². The summed E-state index contributed by atoms with van der Waals surface area (Å²) in [6.45, 7) is 13.9. The maximum absolute atomic E-state index is 13.3. The normalized spacial score (nSPS) is 46.1. The Morgan fingerprint density at radius 2 is 1.78 bits per heavy atom. The summed E-state index contributed by atoms with van der Waals surface area (Å²) < 4.78 is 0. The molecule has 3 heteroatoms. The molecule has 4 rings (SSSR count). The predicted molar refractivity (Wildman–Crippen MR) is 129 cm³/mol. The van der Waals surface area contributed by atoms with Gasteiger partial charge in [0.05, 0.1) is 6.10 Å². The fourth-order valence-corrected chi connectivity index (χ4v) is 9.16. The van der Waals surface area contributed by atoms with Gasteiger partial charge in [0.25, 0.3) is 0 Å². The van der Waals surface area contributed by atoms with Crippen LogP contribution in [-0.2, 0) is 9.59 Å². The van der Waals surface area contributed by atoms with Crippen molar-refractivity contribution in [2.75, 3.05) is 0 Å². The first-order chi connectivity index (χ1) is 15.0. The number of aliphatic hydroxyl groups is 1. The molecule has 32 heavy (non-hydrogen) atoms. The van der Waals surface area contributed by atoms with E-state index in [-0.39, 0.29) is 40.5 Å². The quantitative estimate of drug-likeness (QED) is 0.513. The Kier molecular flexibility index (Phi) is 6.55. The fourth-order valence-electron chi connectivity index (χ4n) is 9.16. The van der Waals surface area contributed by atoms with E-state index in [9.17, 15) is 14.7 Å². The molecule has 3 nitrogen and oxygen atoms in total. The van der Waals surface area contributed by atoms with Crippen molar-refractivity contribution in [2.45, 2.75) is 99.0 Å². The van der Waals surface area contributed by atoms with Gasteiger partial charge in [-0.05, 0) is 84.4 Å². The molecule has 0 heterocycles. The summed E-state index contributed by atoms with van der Waals surface area (Å²) in [6.07, 6.45) is 11.3. The van der Waals surface area contributed by atoms with Crippen LogP contribution < -0.4 is 0 Å². The SMILES string of the molecule is CC[C@H](/C=C/[C@@H](C)[C@H]1CC[C@H]2[C@@H]3CC(=O)[C@H]4CC(=O)CC[C@]4(C)[C@H]3[C@H](O)C[C@]12C)C(C)C. The van der Waals surface area contributed by atoms with Gasteiger partial charge in [0.2, 0.25) is 0 Å². The smallest absolute Gasteiger partial charge is 0.137 e. The average Bonchev–Trinajstić information content (AvgIpc) is 3.06. The van der Waals surface area contributed by atoms with Gasteiger partial charge < -0.3 is 5.11 Å². The molecule has 0 unspecified atom stereocenters. The van der Waals surface area contributed by atoms with Crippen molar-refractivity contribution in [1.29, 1.82) is 0 Å². The highest BCUT2D eigenvalue weighted by atomic mass is 16.3. The molecule has 4 aliphatic carbocycles. The van der Waals surface area contributed by atoms with E-state index in [2.05, 4.69) is 53.7 Å². The number of aliphatic hydroxyl groups excluding tert-OH is 1. The maximum Gasteiger partial charge on any atom is 0.137 e. The highest BCUT2D eigenvalue weighted by molar-refractivity contribution is 5.90. The highest BCUT2D eigenvalue weighted by Gasteiger charge is 2.65. The third-order valence-corrected chi connectivity index (χ3v) is 10.9. The van der Waals surface area contributed by atoms with Crippen LogP contribution in [0.4, 0.5) is 0 Å². The van der Waals surface area contributed by atoms with Crippen LogP contribution in [0, 0.1) is 58.2 Å². The lowest BCUT2D eigenvalue weighted by molar-refractivity contribution is -0.180. The minimum atomic E-state index is -0.356. The first-order valence-corrected chi connectivity index (χ1v) is 13.4. The van der Waals surface area contributed by atoms with Crippen molar-refractivity contribution >= 4 is 11.6 Å². The van der Waals surface area contributed by atoms with Gasteiger partial charge in [-0.2, -0.15) is 0 Å². The number of ketones is 2. The van der Waals surface area contributed by atoms with Gasteiger partial charge in [0.15, 0.2) is 0 Å². The molecule has 4 saturated carbocycles. The van der Waals surface area contributed by atoms with E-state index in [1.54, 1.807) is 0 Å². The molecule has 0 aromatic heterocycles. The van der Waals surface area contributed by atoms with Crippen LogP contribution in [0.1, 0.15) is 92.9 Å². The first kappa shape index (κ1) is 24.2. The lowest BCUT2D eigenvalue weighted by atomic mass is 9.43. The summed E-state index contributed by atoms with van der Waals surface area (Å²) in [5, 5.41) is 11.6. The Morgan fingerprint density at radius 3 is 2.44 bits per heavy atom. The van der Waals surface area contributed by atoms with E-state index in [1.807, 2.05) is 0 Å². The Bertz CT molecular complexity index is 768. The molecular weight excluding hydrogens is 396 g/mol. The van der Waals surface area contributed by atoms with Crippen LogP contribution in [0.3, 0.4) is 0 Å². The average molecular weight is 443 g/mol. The number of fused-ring (bicyclic) bond motifs is 5. The van der Waals surface area contributed by atoms with Crippen molar-refractivity contribution in [2.24, 2.45) is 58.2 Å². The van der Waals surface area contributed by atoms with Crippen molar-refractivity contribution in [3.63, 3.8) is 0 Å². The minimum absolute atomic E-state index is 0.0951. The van der Waals surface area contributed by atoms with Crippen LogP contribution in [0.15, 0.2) is 12.2 Å². The van der Waals surface area contributed by atoms with Crippen molar-refractivity contribution in [3.05, 3.63) is 12.2 Å². The fraction of sp³-hybridized carbons (Fsp3) is 0.862. The number of hydrogen-bond donors (Lipinski definition) is 1. The molecule has 0 amide bonds. The zero-order valence-electron chi connectivity index (χ0n) is 21.3. The third kappa shape index (κ3) is 3.75. The summed E-state index contributed by atoms with van der Waals surface area (Å²) in [5.41, 5.74) is -0.109. The number of carbonyl (C=O) groups is 2. The van der Waals surface area contributed by atoms with Crippen LogP contribution in [-0.4, -0.2) is 22.8 Å². The number of rotatable bonds is 5. The summed E-state index contributed by atoms with van der Waals surface area (Å²) in [7, 11) is 0. The first-order valence-electron chi connectivity index (χ1n) is 13.4. The molecule has 0 aromatic rings. The van der Waals surface area contributed by atoms with Crippen molar-refractivity contribution in [3.8, 4) is 0 Å². The monoisotopic (exact) mass is 442 g/mol. The zero-order valence-corrected chi connectivity index (χ0v) is 21.3. The van der Waals surface area contributed by atoms with Crippen LogP contribution in [0.2, 0.25) is 0 Å². The van der Waals surface area contributed by atoms with E-state index >= 15 is 0 Å². The van der Waals surface area contributed by atoms with Gasteiger partial charge in [-0.3, -0.25) is 9.59 Å². The third-order valence-electron chi connectivity index (χ3n) is 10.9. The van der Waals surface area contributed by atoms with Gasteiger partial charge >= 0.3 is 0 Å². The number of Topliss-reactive ketones (excluding diaryl/α,β-unsaturated/α-hetero) is 2. The van der Waals surface area contributed by atoms with Crippen molar-refractivity contribution < 1.29 is 14.7 Å². The Balaban J connectivity index is 1.59. The second-order valence-electron chi connectivity index (χ2n) is 12.8. The van der Waals surface area contributed by atoms with E-state index in [4.69, 9.17) is 0 Å². The minimum Gasteiger partial charge on any atom is -0.393 e. The van der Waals surface area contributed by atoms with E-state index in [0.717, 1.165) is 12.8 Å². The number of allylic oxidation sites excluding steroid dienone is 2. The highest BCUT2D eigenvalue weighted by Crippen LogP contribution is 2.67. The molecule has 0 aliphatic heterocycles. The van der Waals surface area contributed by atoms with E-state index in [1.165, 1.54) is 19.3 Å². The molecule has 0 bridgehead atoms. The molecule has 4 aliphatic rings. The molecule has 10 atom stereocenters. The summed E-state index contributed by atoms with van der Waals surface area (Å²) in [4.78, 5) is 25.4. The molecule has 0 aromatic carbocycles. The summed E-state index contributed by atoms with van der Waals surface area (Å²) >= 11 is 0. The maximum atomic E-state index is 13.3. The molecule has 180 valence electrons. The molecule has 0 spiro atoms. The van der Waals surface area contributed by atoms with Crippen LogP contribution in [0.25, 0.3) is 0 Å². The van der Waals surface area contributed by atoms with Crippen molar-refractivity contribution in [1.82, 2.24) is 0 Å². The second-order valence-corrected chi connectivity index (χ2v) is 12.8. The Labute approximate surface area is 195 Å². The predicted octanol–water partition coefficient (Wildman–Crippen LogP) is 6.24. The number of carbonyl (C=O) groups excluding carboxylic acids is 2.